The number of aliphatic hydroxyl groups is 2. The van der Waals surface area contributed by atoms with Crippen LogP contribution in [0.1, 0.15) is 60.1 Å². The van der Waals surface area contributed by atoms with Gasteiger partial charge in [-0.25, -0.2) is 4.79 Å². The van der Waals surface area contributed by atoms with E-state index in [4.69, 9.17) is 0 Å². The molecule has 2 aliphatic carbocycles. The fraction of sp³-hybridized carbons (Fsp3) is 0.435. The first-order chi connectivity index (χ1) is 13.9. The summed E-state index contributed by atoms with van der Waals surface area (Å²) in [5, 5.41) is 23.0. The molecule has 0 saturated carbocycles. The molecule has 0 bridgehead atoms. The predicted molar refractivity (Wildman–Crippen MR) is 116 cm³/mol. The van der Waals surface area contributed by atoms with Crippen molar-refractivity contribution in [3.8, 4) is 0 Å². The van der Waals surface area contributed by atoms with Gasteiger partial charge in [-0.3, -0.25) is 4.72 Å². The van der Waals surface area contributed by atoms with Gasteiger partial charge >= 0.3 is 6.03 Å². The predicted octanol–water partition coefficient (Wildman–Crippen LogP) is 4.21. The molecule has 0 atom stereocenters. The van der Waals surface area contributed by atoms with Crippen molar-refractivity contribution in [2.24, 2.45) is 0 Å². The highest BCUT2D eigenvalue weighted by Gasteiger charge is 2.25. The van der Waals surface area contributed by atoms with Crippen LogP contribution in [-0.2, 0) is 37.9 Å². The van der Waals surface area contributed by atoms with Crippen molar-refractivity contribution in [2.75, 3.05) is 5.32 Å². The first-order valence-corrected chi connectivity index (χ1v) is 11.1. The number of hydrogen-bond donors (Lipinski definition) is 4. The Morgan fingerprint density at radius 2 is 1.72 bits per heavy atom. The SMILES string of the molecule is CC(C)(O)c1ccc(SNC(=O)Nc2c3c(cc4c2CCC4)CCC3)cc1CO. The molecule has 4 N–H and O–H groups in total. The Morgan fingerprint density at radius 1 is 1.07 bits per heavy atom. The number of benzene rings is 2. The molecule has 0 saturated heterocycles. The lowest BCUT2D eigenvalue weighted by Crippen LogP contribution is -2.24. The van der Waals surface area contributed by atoms with E-state index in [2.05, 4.69) is 16.1 Å². The van der Waals surface area contributed by atoms with Crippen LogP contribution in [0, 0.1) is 0 Å². The molecule has 154 valence electrons. The zero-order valence-corrected chi connectivity index (χ0v) is 17.8. The second-order valence-electron chi connectivity index (χ2n) is 8.43. The number of aryl methyl sites for hydroxylation is 2. The van der Waals surface area contributed by atoms with Gasteiger partial charge in [-0.15, -0.1) is 0 Å². The molecule has 2 aromatic rings. The van der Waals surface area contributed by atoms with Gasteiger partial charge < -0.3 is 15.5 Å². The summed E-state index contributed by atoms with van der Waals surface area (Å²) >= 11 is 1.21. The lowest BCUT2D eigenvalue weighted by Gasteiger charge is -2.21. The Kier molecular flexibility index (Phi) is 5.60. The third-order valence-electron chi connectivity index (χ3n) is 5.88. The van der Waals surface area contributed by atoms with Crippen molar-refractivity contribution < 1.29 is 15.0 Å². The summed E-state index contributed by atoms with van der Waals surface area (Å²) < 4.78 is 2.86. The number of carbonyl (C=O) groups excluding carboxylic acids is 1. The third kappa shape index (κ3) is 4.15. The van der Waals surface area contributed by atoms with E-state index in [1.54, 1.807) is 26.0 Å². The van der Waals surface area contributed by atoms with Crippen LogP contribution in [0.3, 0.4) is 0 Å². The summed E-state index contributed by atoms with van der Waals surface area (Å²) in [5.41, 5.74) is 6.74. The molecule has 6 heteroatoms. The van der Waals surface area contributed by atoms with Gasteiger partial charge in [0, 0.05) is 10.6 Å². The van der Waals surface area contributed by atoms with Crippen molar-refractivity contribution >= 4 is 23.7 Å². The summed E-state index contributed by atoms with van der Waals surface area (Å²) in [7, 11) is 0. The van der Waals surface area contributed by atoms with E-state index < -0.39 is 5.60 Å². The summed E-state index contributed by atoms with van der Waals surface area (Å²) in [6.45, 7) is 3.22. The zero-order chi connectivity index (χ0) is 20.6. The third-order valence-corrected chi connectivity index (χ3v) is 6.66. The molecule has 2 amide bonds. The number of urea groups is 1. The Hall–Kier alpha value is -2.02. The van der Waals surface area contributed by atoms with Gasteiger partial charge in [0.05, 0.1) is 12.2 Å². The van der Waals surface area contributed by atoms with Crippen molar-refractivity contribution in [1.82, 2.24) is 4.72 Å². The number of nitrogens with one attached hydrogen (secondary N) is 2. The molecule has 0 fully saturated rings. The number of aliphatic hydroxyl groups excluding tert-OH is 1. The fourth-order valence-electron chi connectivity index (χ4n) is 4.57. The fourth-order valence-corrected chi connectivity index (χ4v) is 5.17. The average Bonchev–Trinajstić information content (AvgIpc) is 3.34. The molecule has 2 aromatic carbocycles. The number of carbonyl (C=O) groups is 1. The first kappa shape index (κ1) is 20.3. The average molecular weight is 413 g/mol. The van der Waals surface area contributed by atoms with E-state index in [1.165, 1.54) is 34.2 Å². The van der Waals surface area contributed by atoms with E-state index in [0.717, 1.165) is 49.1 Å². The van der Waals surface area contributed by atoms with E-state index in [1.807, 2.05) is 6.07 Å². The highest BCUT2D eigenvalue weighted by Crippen LogP contribution is 2.38. The summed E-state index contributed by atoms with van der Waals surface area (Å²) in [5.74, 6) is 0. The van der Waals surface area contributed by atoms with Crippen LogP contribution in [0.15, 0.2) is 29.2 Å². The van der Waals surface area contributed by atoms with E-state index in [-0.39, 0.29) is 12.6 Å². The maximum Gasteiger partial charge on any atom is 0.329 e. The Labute approximate surface area is 176 Å². The second-order valence-corrected chi connectivity index (χ2v) is 9.31. The second kappa shape index (κ2) is 8.01. The minimum atomic E-state index is -1.03. The maximum absolute atomic E-state index is 12.6. The molecule has 0 aromatic heterocycles. The monoisotopic (exact) mass is 412 g/mol. The van der Waals surface area contributed by atoms with Gasteiger partial charge in [0.15, 0.2) is 0 Å². The van der Waals surface area contributed by atoms with Gasteiger partial charge in [0.2, 0.25) is 0 Å². The van der Waals surface area contributed by atoms with Gasteiger partial charge in [0.25, 0.3) is 0 Å². The first-order valence-electron chi connectivity index (χ1n) is 10.2. The molecule has 0 spiro atoms. The lowest BCUT2D eigenvalue weighted by molar-refractivity contribution is 0.0759. The van der Waals surface area contributed by atoms with Crippen LogP contribution in [0.5, 0.6) is 0 Å². The topological polar surface area (TPSA) is 81.6 Å². The Balaban J connectivity index is 1.47. The summed E-state index contributed by atoms with van der Waals surface area (Å²) in [6, 6.07) is 7.56. The largest absolute Gasteiger partial charge is 0.392 e. The highest BCUT2D eigenvalue weighted by molar-refractivity contribution is 7.98. The van der Waals surface area contributed by atoms with Crippen LogP contribution in [0.25, 0.3) is 0 Å². The molecule has 5 nitrogen and oxygen atoms in total. The quantitative estimate of drug-likeness (QED) is 0.555. The van der Waals surface area contributed by atoms with Crippen molar-refractivity contribution in [1.29, 1.82) is 0 Å². The standard InChI is InChI=1S/C23H28N2O3S/c1-23(2,28)20-10-9-17(12-16(20)13-26)29-25-22(27)24-21-18-7-3-5-14(18)11-15-6-4-8-19(15)21/h9-12,26,28H,3-8,13H2,1-2H3,(H2,24,25,27). The highest BCUT2D eigenvalue weighted by atomic mass is 32.2. The van der Waals surface area contributed by atoms with Crippen LogP contribution in [-0.4, -0.2) is 16.2 Å². The zero-order valence-electron chi connectivity index (χ0n) is 17.0. The minimum Gasteiger partial charge on any atom is -0.392 e. The van der Waals surface area contributed by atoms with Crippen LogP contribution in [0.2, 0.25) is 0 Å². The molecule has 0 heterocycles. The van der Waals surface area contributed by atoms with Crippen LogP contribution < -0.4 is 10.0 Å². The normalized spacial score (nSPS) is 15.2. The number of hydrogen-bond acceptors (Lipinski definition) is 4. The molecule has 0 radical (unpaired) electrons. The molecule has 4 rings (SSSR count). The Morgan fingerprint density at radius 3 is 2.31 bits per heavy atom. The van der Waals surface area contributed by atoms with E-state index >= 15 is 0 Å². The Bertz CT molecular complexity index is 918. The van der Waals surface area contributed by atoms with Crippen molar-refractivity contribution in [2.45, 2.75) is 69.5 Å². The molecular weight excluding hydrogens is 384 g/mol. The van der Waals surface area contributed by atoms with Crippen molar-refractivity contribution in [3.63, 3.8) is 0 Å². The summed E-state index contributed by atoms with van der Waals surface area (Å²) in [4.78, 5) is 13.4. The van der Waals surface area contributed by atoms with Gasteiger partial charge in [0.1, 0.15) is 0 Å². The van der Waals surface area contributed by atoms with Gasteiger partial charge in [-0.2, -0.15) is 0 Å². The smallest absolute Gasteiger partial charge is 0.329 e. The van der Waals surface area contributed by atoms with E-state index in [9.17, 15) is 15.0 Å². The molecule has 0 aliphatic heterocycles. The van der Waals surface area contributed by atoms with Crippen molar-refractivity contribution in [3.05, 3.63) is 57.6 Å². The van der Waals surface area contributed by atoms with Crippen LogP contribution >= 0.6 is 11.9 Å². The number of fused-ring (bicyclic) bond motifs is 2. The van der Waals surface area contributed by atoms with Crippen LogP contribution in [0.4, 0.5) is 10.5 Å². The van der Waals surface area contributed by atoms with Gasteiger partial charge in [-0.05, 0) is 110 Å². The molecule has 2 aliphatic rings. The summed E-state index contributed by atoms with van der Waals surface area (Å²) in [6.07, 6.45) is 6.57. The molecular formula is C23H28N2O3S. The minimum absolute atomic E-state index is 0.164. The maximum atomic E-state index is 12.6. The lowest BCUT2D eigenvalue weighted by atomic mass is 9.93. The number of anilines is 1. The van der Waals surface area contributed by atoms with Gasteiger partial charge in [-0.1, -0.05) is 12.1 Å². The molecule has 0 unspecified atom stereocenters. The van der Waals surface area contributed by atoms with E-state index in [0.29, 0.717) is 11.1 Å². The molecule has 29 heavy (non-hydrogen) atoms. The number of amides is 2. The number of rotatable bonds is 5.